The van der Waals surface area contributed by atoms with Gasteiger partial charge >= 0.3 is 0 Å². The predicted molar refractivity (Wildman–Crippen MR) is 96.2 cm³/mol. The van der Waals surface area contributed by atoms with E-state index in [4.69, 9.17) is 9.26 Å². The molecule has 8 nitrogen and oxygen atoms in total. The number of anilines is 1. The fraction of sp³-hybridized carbons (Fsp3) is 0.667. The number of aromatic nitrogens is 4. The molecule has 1 saturated heterocycles. The Balaban J connectivity index is 1.38. The predicted octanol–water partition coefficient (Wildman–Crippen LogP) is 2.24. The molecule has 2 aromatic heterocycles. The summed E-state index contributed by atoms with van der Waals surface area (Å²) in [5, 5.41) is 4.14. The number of nitrogens with zero attached hydrogens (tertiary/aromatic N) is 6. The van der Waals surface area contributed by atoms with Gasteiger partial charge in [-0.05, 0) is 33.1 Å². The maximum Gasteiger partial charge on any atom is 0.257 e. The van der Waals surface area contributed by atoms with E-state index in [1.54, 1.807) is 12.4 Å². The molecule has 0 unspecified atom stereocenters. The summed E-state index contributed by atoms with van der Waals surface area (Å²) in [6, 6.07) is 0. The highest BCUT2D eigenvalue weighted by atomic mass is 16.5. The summed E-state index contributed by atoms with van der Waals surface area (Å²) >= 11 is 0. The molecule has 4 rings (SSSR count). The molecule has 1 aliphatic heterocycles. The quantitative estimate of drug-likeness (QED) is 0.778. The van der Waals surface area contributed by atoms with Crippen LogP contribution in [0.1, 0.15) is 50.7 Å². The van der Waals surface area contributed by atoms with Crippen LogP contribution in [0.25, 0.3) is 0 Å². The van der Waals surface area contributed by atoms with E-state index in [9.17, 15) is 0 Å². The lowest BCUT2D eigenvalue weighted by Gasteiger charge is -2.24. The number of rotatable bonds is 6. The highest BCUT2D eigenvalue weighted by molar-refractivity contribution is 5.48. The van der Waals surface area contributed by atoms with Crippen molar-refractivity contribution in [3.63, 3.8) is 0 Å². The second kappa shape index (κ2) is 7.57. The SMILES string of the molecule is CC(C)Oc1nccnc1N1CCCN(Cc2noc(C3CC3)n2)CC1. The average Bonchev–Trinajstić information content (AvgIpc) is 3.40. The summed E-state index contributed by atoms with van der Waals surface area (Å²) < 4.78 is 11.2. The van der Waals surface area contributed by atoms with Crippen molar-refractivity contribution in [1.29, 1.82) is 0 Å². The summed E-state index contributed by atoms with van der Waals surface area (Å²) in [4.78, 5) is 18.1. The van der Waals surface area contributed by atoms with E-state index in [0.29, 0.717) is 11.8 Å². The van der Waals surface area contributed by atoms with Gasteiger partial charge in [0.2, 0.25) is 5.89 Å². The molecule has 1 saturated carbocycles. The molecule has 0 N–H and O–H groups in total. The minimum Gasteiger partial charge on any atom is -0.472 e. The minimum atomic E-state index is 0.0767. The Bertz CT molecular complexity index is 730. The molecule has 2 aromatic rings. The summed E-state index contributed by atoms with van der Waals surface area (Å²) in [6.07, 6.45) is 6.89. The van der Waals surface area contributed by atoms with E-state index in [1.165, 1.54) is 12.8 Å². The average molecular weight is 358 g/mol. The third-order valence-electron chi connectivity index (χ3n) is 4.66. The van der Waals surface area contributed by atoms with Gasteiger partial charge in [0.15, 0.2) is 11.6 Å². The van der Waals surface area contributed by atoms with Gasteiger partial charge in [0.25, 0.3) is 5.88 Å². The van der Waals surface area contributed by atoms with Crippen molar-refractivity contribution >= 4 is 5.82 Å². The molecule has 26 heavy (non-hydrogen) atoms. The Labute approximate surface area is 153 Å². The Morgan fingerprint density at radius 2 is 2.00 bits per heavy atom. The fourth-order valence-corrected chi connectivity index (χ4v) is 3.21. The van der Waals surface area contributed by atoms with Crippen LogP contribution in [0.4, 0.5) is 5.82 Å². The van der Waals surface area contributed by atoms with E-state index in [0.717, 1.165) is 56.7 Å². The van der Waals surface area contributed by atoms with E-state index in [1.807, 2.05) is 13.8 Å². The maximum atomic E-state index is 5.83. The Morgan fingerprint density at radius 1 is 1.15 bits per heavy atom. The van der Waals surface area contributed by atoms with Crippen LogP contribution in [0.15, 0.2) is 16.9 Å². The highest BCUT2D eigenvalue weighted by Gasteiger charge is 2.30. The van der Waals surface area contributed by atoms with Gasteiger partial charge in [-0.3, -0.25) is 4.90 Å². The van der Waals surface area contributed by atoms with Crippen LogP contribution in [-0.2, 0) is 6.54 Å². The van der Waals surface area contributed by atoms with Crippen molar-refractivity contribution < 1.29 is 9.26 Å². The summed E-state index contributed by atoms with van der Waals surface area (Å²) in [6.45, 7) is 8.48. The molecule has 2 fully saturated rings. The molecule has 1 aliphatic carbocycles. The zero-order valence-corrected chi connectivity index (χ0v) is 15.5. The van der Waals surface area contributed by atoms with Gasteiger partial charge in [0.1, 0.15) is 0 Å². The molecule has 0 amide bonds. The smallest absolute Gasteiger partial charge is 0.257 e. The lowest BCUT2D eigenvalue weighted by atomic mass is 10.3. The van der Waals surface area contributed by atoms with E-state index < -0.39 is 0 Å². The maximum absolute atomic E-state index is 5.83. The van der Waals surface area contributed by atoms with Crippen LogP contribution in [0.5, 0.6) is 5.88 Å². The van der Waals surface area contributed by atoms with Crippen LogP contribution in [0.3, 0.4) is 0 Å². The van der Waals surface area contributed by atoms with E-state index >= 15 is 0 Å². The first-order valence-corrected chi connectivity index (χ1v) is 9.46. The van der Waals surface area contributed by atoms with Gasteiger partial charge in [-0.2, -0.15) is 4.98 Å². The molecular formula is C18H26N6O2. The standard InChI is InChI=1S/C18H26N6O2/c1-13(2)25-18-16(19-6-7-20-18)24-9-3-8-23(10-11-24)12-15-21-17(26-22-15)14-4-5-14/h6-7,13-14H,3-5,8-12H2,1-2H3. The zero-order chi connectivity index (χ0) is 17.9. The molecule has 0 aromatic carbocycles. The fourth-order valence-electron chi connectivity index (χ4n) is 3.21. The molecule has 0 atom stereocenters. The minimum absolute atomic E-state index is 0.0767. The van der Waals surface area contributed by atoms with Gasteiger partial charge < -0.3 is 14.2 Å². The van der Waals surface area contributed by atoms with Crippen molar-refractivity contribution in [1.82, 2.24) is 25.0 Å². The molecule has 0 radical (unpaired) electrons. The van der Waals surface area contributed by atoms with Crippen molar-refractivity contribution in [2.24, 2.45) is 0 Å². The third kappa shape index (κ3) is 4.12. The topological polar surface area (TPSA) is 80.4 Å². The van der Waals surface area contributed by atoms with Gasteiger partial charge in [0.05, 0.1) is 12.6 Å². The Hall–Kier alpha value is -2.22. The lowest BCUT2D eigenvalue weighted by molar-refractivity contribution is 0.232. The molecule has 140 valence electrons. The Morgan fingerprint density at radius 3 is 2.81 bits per heavy atom. The van der Waals surface area contributed by atoms with E-state index in [2.05, 4.69) is 29.9 Å². The first kappa shape index (κ1) is 17.2. The molecule has 8 heteroatoms. The second-order valence-electron chi connectivity index (χ2n) is 7.29. The largest absolute Gasteiger partial charge is 0.472 e. The van der Waals surface area contributed by atoms with E-state index in [-0.39, 0.29) is 6.10 Å². The molecular weight excluding hydrogens is 332 g/mol. The van der Waals surface area contributed by atoms with Crippen LogP contribution < -0.4 is 9.64 Å². The number of hydrogen-bond acceptors (Lipinski definition) is 8. The molecule has 0 spiro atoms. The zero-order valence-electron chi connectivity index (χ0n) is 15.5. The number of hydrogen-bond donors (Lipinski definition) is 0. The van der Waals surface area contributed by atoms with Gasteiger partial charge in [-0.15, -0.1) is 0 Å². The first-order valence-electron chi connectivity index (χ1n) is 9.46. The third-order valence-corrected chi connectivity index (χ3v) is 4.66. The molecule has 2 aliphatic rings. The van der Waals surface area contributed by atoms with Gasteiger partial charge in [-0.25, -0.2) is 9.97 Å². The van der Waals surface area contributed by atoms with Crippen molar-refractivity contribution in [3.05, 3.63) is 24.1 Å². The highest BCUT2D eigenvalue weighted by Crippen LogP contribution is 2.38. The van der Waals surface area contributed by atoms with Gasteiger partial charge in [0, 0.05) is 44.5 Å². The second-order valence-corrected chi connectivity index (χ2v) is 7.29. The van der Waals surface area contributed by atoms with Crippen molar-refractivity contribution in [3.8, 4) is 5.88 Å². The Kier molecular flexibility index (Phi) is 5.01. The molecule has 3 heterocycles. The summed E-state index contributed by atoms with van der Waals surface area (Å²) in [7, 11) is 0. The van der Waals surface area contributed by atoms with Crippen molar-refractivity contribution in [2.75, 3.05) is 31.1 Å². The van der Waals surface area contributed by atoms with Crippen LogP contribution >= 0.6 is 0 Å². The normalized spacial score (nSPS) is 19.0. The molecule has 0 bridgehead atoms. The summed E-state index contributed by atoms with van der Waals surface area (Å²) in [5.74, 6) is 3.56. The van der Waals surface area contributed by atoms with Crippen molar-refractivity contribution in [2.45, 2.75) is 51.7 Å². The lowest BCUT2D eigenvalue weighted by Crippen LogP contribution is -2.31. The first-order chi connectivity index (χ1) is 12.7. The summed E-state index contributed by atoms with van der Waals surface area (Å²) in [5.41, 5.74) is 0. The van der Waals surface area contributed by atoms with Crippen LogP contribution in [0.2, 0.25) is 0 Å². The number of ether oxygens (including phenoxy) is 1. The monoisotopic (exact) mass is 358 g/mol. The van der Waals surface area contributed by atoms with Crippen LogP contribution in [-0.4, -0.2) is 57.3 Å². The van der Waals surface area contributed by atoms with Gasteiger partial charge in [-0.1, -0.05) is 5.16 Å². The van der Waals surface area contributed by atoms with Crippen LogP contribution in [0, 0.1) is 0 Å².